The summed E-state index contributed by atoms with van der Waals surface area (Å²) in [6.07, 6.45) is 4.07. The predicted molar refractivity (Wildman–Crippen MR) is 42.5 cm³/mol. The average molecular weight is 175 g/mol. The first-order valence-electron chi connectivity index (χ1n) is 3.51. The fraction of sp³-hybridized carbons (Fsp3) is 0. The summed E-state index contributed by atoms with van der Waals surface area (Å²) in [4.78, 5) is 3.72. The molecule has 6 nitrogen and oxygen atoms in total. The van der Waals surface area contributed by atoms with Gasteiger partial charge in [0.15, 0.2) is 6.33 Å². The molecule has 0 atom stereocenters. The van der Waals surface area contributed by atoms with Crippen LogP contribution >= 0.6 is 0 Å². The molecule has 2 rings (SSSR count). The minimum atomic E-state index is 0.0114. The second kappa shape index (κ2) is 3.10. The number of hydrogen-bond donors (Lipinski definition) is 1. The van der Waals surface area contributed by atoms with E-state index in [9.17, 15) is 5.11 Å². The summed E-state index contributed by atoms with van der Waals surface area (Å²) >= 11 is 0. The molecule has 0 saturated carbocycles. The first kappa shape index (κ1) is 7.53. The van der Waals surface area contributed by atoms with Gasteiger partial charge in [-0.25, -0.2) is 0 Å². The lowest BCUT2D eigenvalue weighted by atomic mass is 10.2. The number of rotatable bonds is 1. The molecule has 0 unspecified atom stereocenters. The highest BCUT2D eigenvalue weighted by Gasteiger charge is 2.06. The summed E-state index contributed by atoms with van der Waals surface area (Å²) in [5.74, 6) is 0.291. The fourth-order valence-electron chi connectivity index (χ4n) is 0.887. The molecule has 0 aromatic carbocycles. The van der Waals surface area contributed by atoms with Crippen LogP contribution in [0.2, 0.25) is 0 Å². The quantitative estimate of drug-likeness (QED) is 0.658. The van der Waals surface area contributed by atoms with Gasteiger partial charge in [0.25, 0.3) is 0 Å². The van der Waals surface area contributed by atoms with Crippen molar-refractivity contribution in [1.82, 2.24) is 25.4 Å². The van der Waals surface area contributed by atoms with E-state index >= 15 is 0 Å². The van der Waals surface area contributed by atoms with E-state index in [2.05, 4.69) is 25.4 Å². The minimum Gasteiger partial charge on any atom is -0.506 e. The zero-order valence-corrected chi connectivity index (χ0v) is 6.49. The first-order valence-corrected chi connectivity index (χ1v) is 3.51. The molecule has 64 valence electrons. The Kier molecular flexibility index (Phi) is 1.79. The molecule has 0 amide bonds. The molecule has 0 aliphatic heterocycles. The summed E-state index contributed by atoms with van der Waals surface area (Å²) in [5.41, 5.74) is 0.468. The van der Waals surface area contributed by atoms with Gasteiger partial charge in [0, 0.05) is 6.20 Å². The Balaban J connectivity index is 2.54. The van der Waals surface area contributed by atoms with Crippen LogP contribution < -0.4 is 0 Å². The van der Waals surface area contributed by atoms with E-state index in [-0.39, 0.29) is 11.6 Å². The van der Waals surface area contributed by atoms with Gasteiger partial charge in [-0.1, -0.05) is 0 Å². The normalized spacial score (nSPS) is 9.85. The molecule has 0 aliphatic rings. The van der Waals surface area contributed by atoms with Gasteiger partial charge in [0.05, 0.1) is 11.8 Å². The number of hydrogen-bond acceptors (Lipinski definition) is 6. The zero-order valence-electron chi connectivity index (χ0n) is 6.49. The van der Waals surface area contributed by atoms with E-state index in [1.165, 1.54) is 18.7 Å². The molecule has 0 fully saturated rings. The van der Waals surface area contributed by atoms with Gasteiger partial charge in [0.2, 0.25) is 5.82 Å². The average Bonchev–Trinajstić information content (AvgIpc) is 2.20. The lowest BCUT2D eigenvalue weighted by Gasteiger charge is -1.98. The van der Waals surface area contributed by atoms with Crippen LogP contribution in [0, 0.1) is 0 Å². The summed E-state index contributed by atoms with van der Waals surface area (Å²) in [6, 6.07) is 1.59. The van der Waals surface area contributed by atoms with Gasteiger partial charge in [-0.05, 0) is 6.07 Å². The van der Waals surface area contributed by atoms with Crippen molar-refractivity contribution in [3.63, 3.8) is 0 Å². The number of aromatic hydroxyl groups is 1. The van der Waals surface area contributed by atoms with Crippen molar-refractivity contribution in [2.75, 3.05) is 0 Å². The Morgan fingerprint density at radius 3 is 2.62 bits per heavy atom. The topological polar surface area (TPSA) is 84.7 Å². The number of aromatic nitrogens is 5. The fourth-order valence-corrected chi connectivity index (χ4v) is 0.887. The van der Waals surface area contributed by atoms with Crippen molar-refractivity contribution >= 4 is 0 Å². The predicted octanol–water partition coefficient (Wildman–Crippen LogP) is 0.0342. The molecule has 2 heterocycles. The monoisotopic (exact) mass is 175 g/mol. The van der Waals surface area contributed by atoms with Crippen LogP contribution in [0.25, 0.3) is 11.4 Å². The highest BCUT2D eigenvalue weighted by molar-refractivity contribution is 5.61. The Hall–Kier alpha value is -2.11. The maximum absolute atomic E-state index is 9.37. The molecule has 1 N–H and O–H groups in total. The van der Waals surface area contributed by atoms with Gasteiger partial charge < -0.3 is 5.11 Å². The van der Waals surface area contributed by atoms with E-state index in [1.54, 1.807) is 6.07 Å². The Morgan fingerprint density at radius 1 is 1.15 bits per heavy atom. The Labute approximate surface area is 73.3 Å². The third kappa shape index (κ3) is 1.41. The molecule has 2 aromatic heterocycles. The molecule has 2 aromatic rings. The van der Waals surface area contributed by atoms with Crippen molar-refractivity contribution in [3.05, 3.63) is 24.8 Å². The van der Waals surface area contributed by atoms with Crippen molar-refractivity contribution in [1.29, 1.82) is 0 Å². The van der Waals surface area contributed by atoms with Crippen LogP contribution in [0.1, 0.15) is 0 Å². The van der Waals surface area contributed by atoms with Crippen LogP contribution in [0.4, 0.5) is 0 Å². The van der Waals surface area contributed by atoms with Crippen molar-refractivity contribution in [2.24, 2.45) is 0 Å². The van der Waals surface area contributed by atoms with E-state index < -0.39 is 0 Å². The molecule has 0 radical (unpaired) electrons. The summed E-state index contributed by atoms with van der Waals surface area (Å²) in [6.45, 7) is 0. The summed E-state index contributed by atoms with van der Waals surface area (Å²) < 4.78 is 0. The third-order valence-corrected chi connectivity index (χ3v) is 1.45. The molecular formula is C7H5N5O. The Bertz CT molecular complexity index is 405. The van der Waals surface area contributed by atoms with Crippen LogP contribution in [-0.4, -0.2) is 30.5 Å². The molecule has 0 saturated heterocycles. The standard InChI is InChI=1S/C7H5N5O/c13-6-3-8-2-1-5(6)7-11-9-4-10-12-7/h1-4,13H. The van der Waals surface area contributed by atoms with Crippen LogP contribution in [0.15, 0.2) is 24.8 Å². The van der Waals surface area contributed by atoms with E-state index in [4.69, 9.17) is 0 Å². The number of nitrogens with zero attached hydrogens (tertiary/aromatic N) is 5. The molecule has 0 bridgehead atoms. The zero-order chi connectivity index (χ0) is 9.10. The minimum absolute atomic E-state index is 0.0114. The lowest BCUT2D eigenvalue weighted by molar-refractivity contribution is 0.474. The van der Waals surface area contributed by atoms with Crippen LogP contribution in [0.3, 0.4) is 0 Å². The van der Waals surface area contributed by atoms with Gasteiger partial charge >= 0.3 is 0 Å². The highest BCUT2D eigenvalue weighted by Crippen LogP contribution is 2.22. The SMILES string of the molecule is Oc1cnccc1-c1nncnn1. The van der Waals surface area contributed by atoms with E-state index in [0.29, 0.717) is 5.56 Å². The molecule has 6 heteroatoms. The van der Waals surface area contributed by atoms with E-state index in [1.807, 2.05) is 0 Å². The maximum Gasteiger partial charge on any atom is 0.207 e. The molecule has 13 heavy (non-hydrogen) atoms. The van der Waals surface area contributed by atoms with Crippen molar-refractivity contribution < 1.29 is 5.11 Å². The summed E-state index contributed by atoms with van der Waals surface area (Å²) in [7, 11) is 0. The third-order valence-electron chi connectivity index (χ3n) is 1.45. The second-order valence-electron chi connectivity index (χ2n) is 2.26. The number of pyridine rings is 1. The van der Waals surface area contributed by atoms with E-state index in [0.717, 1.165) is 0 Å². The first-order chi connectivity index (χ1) is 6.38. The van der Waals surface area contributed by atoms with Gasteiger partial charge in [0.1, 0.15) is 5.75 Å². The molecular weight excluding hydrogens is 170 g/mol. The molecule has 0 spiro atoms. The largest absolute Gasteiger partial charge is 0.506 e. The molecule has 0 aliphatic carbocycles. The smallest absolute Gasteiger partial charge is 0.207 e. The van der Waals surface area contributed by atoms with Crippen molar-refractivity contribution in [3.8, 4) is 17.1 Å². The maximum atomic E-state index is 9.37. The van der Waals surface area contributed by atoms with Gasteiger partial charge in [-0.2, -0.15) is 0 Å². The highest BCUT2D eigenvalue weighted by atomic mass is 16.3. The van der Waals surface area contributed by atoms with Gasteiger partial charge in [-0.15, -0.1) is 20.4 Å². The summed E-state index contributed by atoms with van der Waals surface area (Å²) in [5, 5.41) is 23.9. The van der Waals surface area contributed by atoms with Crippen molar-refractivity contribution in [2.45, 2.75) is 0 Å². The lowest BCUT2D eigenvalue weighted by Crippen LogP contribution is -1.94. The van der Waals surface area contributed by atoms with Gasteiger partial charge in [-0.3, -0.25) is 4.98 Å². The Morgan fingerprint density at radius 2 is 1.92 bits per heavy atom. The second-order valence-corrected chi connectivity index (χ2v) is 2.26. The van der Waals surface area contributed by atoms with Crippen LogP contribution in [-0.2, 0) is 0 Å². The van der Waals surface area contributed by atoms with Crippen LogP contribution in [0.5, 0.6) is 5.75 Å².